The van der Waals surface area contributed by atoms with Crippen LogP contribution in [0.5, 0.6) is 5.75 Å². The molecule has 0 aliphatic carbocycles. The van der Waals surface area contributed by atoms with Gasteiger partial charge in [-0.05, 0) is 61.9 Å². The monoisotopic (exact) mass is 316 g/mol. The number of hydrogen-bond donors (Lipinski definition) is 0. The first kappa shape index (κ1) is 17.7. The molecule has 24 heavy (non-hydrogen) atoms. The molecule has 0 unspecified atom stereocenters. The van der Waals surface area contributed by atoms with Gasteiger partial charge in [-0.2, -0.15) is 0 Å². The number of ether oxygens (including phenoxy) is 1. The van der Waals surface area contributed by atoms with Crippen LogP contribution in [-0.4, -0.2) is 6.61 Å². The van der Waals surface area contributed by atoms with Crippen molar-refractivity contribution in [1.82, 2.24) is 0 Å². The molecule has 0 heterocycles. The van der Waals surface area contributed by atoms with Gasteiger partial charge in [0.05, 0.1) is 6.61 Å². The fourth-order valence-corrected chi connectivity index (χ4v) is 2.21. The molecule has 0 amide bonds. The highest BCUT2D eigenvalue weighted by molar-refractivity contribution is 5.46. The summed E-state index contributed by atoms with van der Waals surface area (Å²) in [7, 11) is 0. The maximum absolute atomic E-state index is 5.43. The Hall–Kier alpha value is -2.64. The van der Waals surface area contributed by atoms with Gasteiger partial charge in [0.25, 0.3) is 0 Å². The summed E-state index contributed by atoms with van der Waals surface area (Å²) < 4.78 is 5.43. The highest BCUT2D eigenvalue weighted by Crippen LogP contribution is 2.11. The van der Waals surface area contributed by atoms with E-state index in [0.29, 0.717) is 6.61 Å². The fourth-order valence-electron chi connectivity index (χ4n) is 2.21. The molecule has 0 aliphatic rings. The first-order valence-electron chi connectivity index (χ1n) is 8.65. The quantitative estimate of drug-likeness (QED) is 0.529. The van der Waals surface area contributed by atoms with E-state index in [-0.39, 0.29) is 0 Å². The number of benzene rings is 2. The molecule has 2 rings (SSSR count). The van der Waals surface area contributed by atoms with Gasteiger partial charge in [0.1, 0.15) is 5.75 Å². The van der Waals surface area contributed by atoms with Gasteiger partial charge in [-0.15, -0.1) is 0 Å². The van der Waals surface area contributed by atoms with Crippen LogP contribution in [-0.2, 0) is 0 Å². The minimum Gasteiger partial charge on any atom is -0.494 e. The molecular weight excluding hydrogens is 292 g/mol. The zero-order chi connectivity index (χ0) is 17.0. The van der Waals surface area contributed by atoms with Crippen LogP contribution in [0.25, 0.3) is 0 Å². The van der Waals surface area contributed by atoms with Gasteiger partial charge in [0.2, 0.25) is 0 Å². The standard InChI is InChI=1S/C23H24O/c1-3-5-6-7-8-9-20-10-12-21(13-11-20)14-15-22-16-18-23(19-17-22)24-4-2/h10-13,16-19H,3-7H2,1-2H3. The van der Waals surface area contributed by atoms with Crippen LogP contribution >= 0.6 is 0 Å². The molecule has 0 spiro atoms. The van der Waals surface area contributed by atoms with Gasteiger partial charge in [-0.1, -0.05) is 43.4 Å². The molecule has 122 valence electrons. The predicted molar refractivity (Wildman–Crippen MR) is 101 cm³/mol. The van der Waals surface area contributed by atoms with Crippen molar-refractivity contribution in [2.45, 2.75) is 39.5 Å². The van der Waals surface area contributed by atoms with Crippen molar-refractivity contribution < 1.29 is 4.74 Å². The minimum atomic E-state index is 0.679. The zero-order valence-electron chi connectivity index (χ0n) is 14.6. The SMILES string of the molecule is CCCCCC#Cc1ccc(C#Cc2ccc(OCC)cc2)cc1. The summed E-state index contributed by atoms with van der Waals surface area (Å²) in [5.74, 6) is 13.7. The van der Waals surface area contributed by atoms with E-state index in [9.17, 15) is 0 Å². The Balaban J connectivity index is 1.94. The Labute approximate surface area is 146 Å². The maximum Gasteiger partial charge on any atom is 0.119 e. The van der Waals surface area contributed by atoms with E-state index >= 15 is 0 Å². The molecule has 0 N–H and O–H groups in total. The highest BCUT2D eigenvalue weighted by Gasteiger charge is 1.92. The van der Waals surface area contributed by atoms with Crippen molar-refractivity contribution in [2.75, 3.05) is 6.61 Å². The van der Waals surface area contributed by atoms with Crippen molar-refractivity contribution in [3.05, 3.63) is 65.2 Å². The molecule has 0 saturated heterocycles. The van der Waals surface area contributed by atoms with E-state index < -0.39 is 0 Å². The number of hydrogen-bond acceptors (Lipinski definition) is 1. The molecule has 0 bridgehead atoms. The van der Waals surface area contributed by atoms with Crippen LogP contribution in [0, 0.1) is 23.7 Å². The third kappa shape index (κ3) is 6.23. The van der Waals surface area contributed by atoms with Crippen LogP contribution < -0.4 is 4.74 Å². The van der Waals surface area contributed by atoms with Crippen molar-refractivity contribution in [3.63, 3.8) is 0 Å². The lowest BCUT2D eigenvalue weighted by molar-refractivity contribution is 0.340. The third-order valence-corrected chi connectivity index (χ3v) is 3.54. The van der Waals surface area contributed by atoms with Crippen LogP contribution in [0.1, 0.15) is 56.2 Å². The molecule has 0 atom stereocenters. The molecule has 0 aromatic heterocycles. The van der Waals surface area contributed by atoms with E-state index in [2.05, 4.69) is 30.6 Å². The Morgan fingerprint density at radius 1 is 0.708 bits per heavy atom. The van der Waals surface area contributed by atoms with E-state index in [1.54, 1.807) is 0 Å². The molecule has 2 aromatic carbocycles. The minimum absolute atomic E-state index is 0.679. The molecular formula is C23H24O. The van der Waals surface area contributed by atoms with Crippen LogP contribution in [0.15, 0.2) is 48.5 Å². The largest absolute Gasteiger partial charge is 0.494 e. The summed E-state index contributed by atoms with van der Waals surface area (Å²) in [5, 5.41) is 0. The lowest BCUT2D eigenvalue weighted by Crippen LogP contribution is -1.90. The zero-order valence-corrected chi connectivity index (χ0v) is 14.6. The Morgan fingerprint density at radius 3 is 1.79 bits per heavy atom. The van der Waals surface area contributed by atoms with Gasteiger partial charge in [0, 0.05) is 23.1 Å². The summed E-state index contributed by atoms with van der Waals surface area (Å²) in [4.78, 5) is 0. The van der Waals surface area contributed by atoms with Crippen molar-refractivity contribution in [1.29, 1.82) is 0 Å². The molecule has 1 nitrogen and oxygen atoms in total. The second kappa shape index (κ2) is 10.2. The highest BCUT2D eigenvalue weighted by atomic mass is 16.5. The van der Waals surface area contributed by atoms with E-state index in [4.69, 9.17) is 4.74 Å². The second-order valence-corrected chi connectivity index (χ2v) is 5.54. The van der Waals surface area contributed by atoms with Gasteiger partial charge in [-0.25, -0.2) is 0 Å². The normalized spacial score (nSPS) is 9.42. The summed E-state index contributed by atoms with van der Waals surface area (Å²) >= 11 is 0. The van der Waals surface area contributed by atoms with Crippen molar-refractivity contribution in [3.8, 4) is 29.4 Å². The van der Waals surface area contributed by atoms with Gasteiger partial charge in [0.15, 0.2) is 0 Å². The molecule has 0 radical (unpaired) electrons. The fraction of sp³-hybridized carbons (Fsp3) is 0.304. The number of unbranched alkanes of at least 4 members (excludes halogenated alkanes) is 3. The second-order valence-electron chi connectivity index (χ2n) is 5.54. The van der Waals surface area contributed by atoms with E-state index in [1.165, 1.54) is 19.3 Å². The topological polar surface area (TPSA) is 9.23 Å². The summed E-state index contributed by atoms with van der Waals surface area (Å²) in [6.07, 6.45) is 4.67. The maximum atomic E-state index is 5.43. The van der Waals surface area contributed by atoms with Gasteiger partial charge >= 0.3 is 0 Å². The average molecular weight is 316 g/mol. The van der Waals surface area contributed by atoms with E-state index in [0.717, 1.165) is 28.9 Å². The molecule has 0 aliphatic heterocycles. The van der Waals surface area contributed by atoms with Crippen LogP contribution in [0.3, 0.4) is 0 Å². The summed E-state index contributed by atoms with van der Waals surface area (Å²) in [6.45, 7) is 4.87. The molecule has 0 fully saturated rings. The lowest BCUT2D eigenvalue weighted by Gasteiger charge is -2.01. The third-order valence-electron chi connectivity index (χ3n) is 3.54. The first-order chi connectivity index (χ1) is 11.8. The molecule has 0 saturated carbocycles. The van der Waals surface area contributed by atoms with Gasteiger partial charge < -0.3 is 4.74 Å². The van der Waals surface area contributed by atoms with Gasteiger partial charge in [-0.3, -0.25) is 0 Å². The smallest absolute Gasteiger partial charge is 0.119 e. The summed E-state index contributed by atoms with van der Waals surface area (Å²) in [5.41, 5.74) is 3.04. The Bertz CT molecular complexity index is 731. The summed E-state index contributed by atoms with van der Waals surface area (Å²) in [6, 6.07) is 16.0. The Morgan fingerprint density at radius 2 is 1.25 bits per heavy atom. The molecule has 2 aromatic rings. The predicted octanol–water partition coefficient (Wildman–Crippen LogP) is 5.42. The van der Waals surface area contributed by atoms with Crippen LogP contribution in [0.2, 0.25) is 0 Å². The Kier molecular flexibility index (Phi) is 7.52. The van der Waals surface area contributed by atoms with Crippen molar-refractivity contribution in [2.24, 2.45) is 0 Å². The first-order valence-corrected chi connectivity index (χ1v) is 8.65. The lowest BCUT2D eigenvalue weighted by atomic mass is 10.1. The van der Waals surface area contributed by atoms with E-state index in [1.807, 2.05) is 55.5 Å². The average Bonchev–Trinajstić information content (AvgIpc) is 2.62. The number of rotatable bonds is 5. The van der Waals surface area contributed by atoms with Crippen LogP contribution in [0.4, 0.5) is 0 Å². The molecule has 1 heteroatoms. The van der Waals surface area contributed by atoms with Crippen molar-refractivity contribution >= 4 is 0 Å².